The second-order valence-corrected chi connectivity index (χ2v) is 9.72. The molecule has 1 N–H and O–H groups in total. The lowest BCUT2D eigenvalue weighted by Gasteiger charge is -2.20. The minimum absolute atomic E-state index is 0.0151. The minimum atomic E-state index is -5.19. The lowest BCUT2D eigenvalue weighted by atomic mass is 9.95. The summed E-state index contributed by atoms with van der Waals surface area (Å²) in [4.78, 5) is 22.3. The molecule has 0 aliphatic heterocycles. The van der Waals surface area contributed by atoms with Gasteiger partial charge in [-0.2, -0.15) is 18.3 Å². The number of fused-ring (bicyclic) bond motifs is 1. The first-order valence-corrected chi connectivity index (χ1v) is 12.5. The van der Waals surface area contributed by atoms with Gasteiger partial charge in [0.05, 0.1) is 24.6 Å². The molecule has 0 atom stereocenters. The summed E-state index contributed by atoms with van der Waals surface area (Å²) in [6.45, 7) is 0. The van der Waals surface area contributed by atoms with E-state index in [4.69, 9.17) is 0 Å². The topological polar surface area (TPSA) is 107 Å². The van der Waals surface area contributed by atoms with Gasteiger partial charge in [-0.15, -0.1) is 0 Å². The highest BCUT2D eigenvalue weighted by atomic mass is 32.2. The third-order valence-corrected chi connectivity index (χ3v) is 7.05. The molecule has 4 rings (SSSR count). The lowest BCUT2D eigenvalue weighted by molar-refractivity contribution is -0.142. The van der Waals surface area contributed by atoms with Crippen LogP contribution in [0.25, 0.3) is 27.8 Å². The minimum Gasteiger partial charge on any atom is -0.469 e. The smallest absolute Gasteiger partial charge is 0.417 e. The van der Waals surface area contributed by atoms with E-state index in [2.05, 4.69) is 9.84 Å². The number of aromatic nitrogens is 2. The highest BCUT2D eigenvalue weighted by Crippen LogP contribution is 2.43. The number of methoxy groups -OCH3 is 1. The van der Waals surface area contributed by atoms with Crippen LogP contribution in [0.4, 0.5) is 17.6 Å². The average Bonchev–Trinajstić information content (AvgIpc) is 3.35. The average molecular weight is 550 g/mol. The number of ether oxygens (including phenoxy) is 1. The number of esters is 1. The summed E-state index contributed by atoms with van der Waals surface area (Å²) < 4.78 is 91.3. The maximum Gasteiger partial charge on any atom is 0.417 e. The molecule has 0 spiro atoms. The van der Waals surface area contributed by atoms with Crippen LogP contribution in [-0.4, -0.2) is 37.0 Å². The van der Waals surface area contributed by atoms with Crippen molar-refractivity contribution in [2.75, 3.05) is 7.11 Å². The van der Waals surface area contributed by atoms with Crippen LogP contribution in [0, 0.1) is 5.82 Å². The van der Waals surface area contributed by atoms with Gasteiger partial charge >= 0.3 is 12.1 Å². The third kappa shape index (κ3) is 5.52. The summed E-state index contributed by atoms with van der Waals surface area (Å²) in [6, 6.07) is 10.9. The van der Waals surface area contributed by atoms with E-state index in [1.165, 1.54) is 35.0 Å². The van der Waals surface area contributed by atoms with Crippen molar-refractivity contribution in [2.45, 2.75) is 23.9 Å². The van der Waals surface area contributed by atoms with Gasteiger partial charge in [0.25, 0.3) is 10.0 Å². The van der Waals surface area contributed by atoms with E-state index >= 15 is 0 Å². The van der Waals surface area contributed by atoms with Gasteiger partial charge in [0.2, 0.25) is 5.91 Å². The van der Waals surface area contributed by atoms with E-state index in [9.17, 15) is 35.6 Å². The largest absolute Gasteiger partial charge is 0.469 e. The van der Waals surface area contributed by atoms with E-state index in [0.717, 1.165) is 19.2 Å². The number of nitrogens with zero attached hydrogens (tertiary/aromatic N) is 2. The normalized spacial score (nSPS) is 11.9. The summed E-state index contributed by atoms with van der Waals surface area (Å²) in [7, 11) is -4.10. The number of amides is 1. The molecule has 0 aliphatic rings. The van der Waals surface area contributed by atoms with Gasteiger partial charge in [0.1, 0.15) is 10.7 Å². The maximum absolute atomic E-state index is 14.4. The van der Waals surface area contributed by atoms with E-state index < -0.39 is 62.8 Å². The van der Waals surface area contributed by atoms with Crippen LogP contribution in [-0.2, 0) is 30.5 Å². The SMILES string of the molecule is COC(=O)CCC(=O)NS(=O)(=O)c1c(-c2cccc(F)c2)cc(-c2cccn3nccc23)cc1C(F)(F)F. The molecular weight excluding hydrogens is 530 g/mol. The molecule has 0 radical (unpaired) electrons. The molecule has 2 heterocycles. The number of sulfonamides is 1. The van der Waals surface area contributed by atoms with Crippen LogP contribution in [0.2, 0.25) is 0 Å². The Balaban J connectivity index is 1.97. The van der Waals surface area contributed by atoms with Crippen molar-refractivity contribution in [1.82, 2.24) is 14.3 Å². The van der Waals surface area contributed by atoms with Crippen molar-refractivity contribution in [3.05, 3.63) is 78.4 Å². The molecule has 0 fully saturated rings. The molecule has 0 saturated carbocycles. The molecule has 0 unspecified atom stereocenters. The Morgan fingerprint density at radius 2 is 1.76 bits per heavy atom. The fraction of sp³-hybridized carbons (Fsp3) is 0.160. The molecule has 4 aromatic rings. The van der Waals surface area contributed by atoms with Crippen LogP contribution in [0.3, 0.4) is 0 Å². The molecule has 198 valence electrons. The first kappa shape index (κ1) is 26.8. The lowest BCUT2D eigenvalue weighted by Crippen LogP contribution is -2.33. The Kier molecular flexibility index (Phi) is 7.22. The van der Waals surface area contributed by atoms with Gasteiger partial charge in [0.15, 0.2) is 0 Å². The summed E-state index contributed by atoms with van der Waals surface area (Å²) >= 11 is 0. The number of hydrogen-bond acceptors (Lipinski definition) is 6. The van der Waals surface area contributed by atoms with Gasteiger partial charge in [-0.25, -0.2) is 22.0 Å². The third-order valence-electron chi connectivity index (χ3n) is 5.58. The number of rotatable bonds is 7. The van der Waals surface area contributed by atoms with Crippen molar-refractivity contribution in [3.8, 4) is 22.3 Å². The molecule has 1 amide bonds. The van der Waals surface area contributed by atoms with E-state index in [0.29, 0.717) is 17.1 Å². The Morgan fingerprint density at radius 1 is 1.00 bits per heavy atom. The van der Waals surface area contributed by atoms with Gasteiger partial charge in [-0.1, -0.05) is 18.2 Å². The standard InChI is InChI=1S/C25H19F4N3O5S/c1-37-23(34)8-7-22(33)31-38(35,36)24-19(15-4-2-5-17(26)12-15)13-16(14-20(24)25(27,28)29)18-6-3-11-32-21(18)9-10-30-32/h2-6,9-14H,7-8H2,1H3,(H,31,33). The monoisotopic (exact) mass is 549 g/mol. The zero-order chi connectivity index (χ0) is 27.7. The zero-order valence-corrected chi connectivity index (χ0v) is 20.4. The number of carbonyl (C=O) groups is 2. The molecule has 0 bridgehead atoms. The Morgan fingerprint density at radius 3 is 2.45 bits per heavy atom. The quantitative estimate of drug-likeness (QED) is 0.267. The van der Waals surface area contributed by atoms with Crippen LogP contribution in [0.15, 0.2) is 71.9 Å². The predicted octanol–water partition coefficient (Wildman–Crippen LogP) is 4.58. The van der Waals surface area contributed by atoms with Gasteiger partial charge in [-0.3, -0.25) is 9.59 Å². The fourth-order valence-electron chi connectivity index (χ4n) is 3.92. The van der Waals surface area contributed by atoms with E-state index in [1.54, 1.807) is 23.1 Å². The fourth-order valence-corrected chi connectivity index (χ4v) is 5.36. The number of hydrogen-bond donors (Lipinski definition) is 1. The number of carbonyl (C=O) groups excluding carboxylic acids is 2. The van der Waals surface area contributed by atoms with Crippen molar-refractivity contribution < 1.29 is 40.3 Å². The molecule has 0 aliphatic carbocycles. The van der Waals surface area contributed by atoms with Gasteiger partial charge in [0, 0.05) is 29.9 Å². The molecular formula is C25H19F4N3O5S. The summed E-state index contributed by atoms with van der Waals surface area (Å²) in [6.07, 6.45) is -3.30. The zero-order valence-electron chi connectivity index (χ0n) is 19.6. The van der Waals surface area contributed by atoms with Crippen LogP contribution in [0.1, 0.15) is 18.4 Å². The van der Waals surface area contributed by atoms with E-state index in [1.807, 2.05) is 0 Å². The second-order valence-electron chi connectivity index (χ2n) is 8.10. The first-order valence-electron chi connectivity index (χ1n) is 11.0. The first-order chi connectivity index (χ1) is 17.9. The van der Waals surface area contributed by atoms with Crippen molar-refractivity contribution in [3.63, 3.8) is 0 Å². The van der Waals surface area contributed by atoms with Gasteiger partial charge in [-0.05, 0) is 47.5 Å². The van der Waals surface area contributed by atoms with Crippen molar-refractivity contribution in [2.24, 2.45) is 0 Å². The molecule has 0 saturated heterocycles. The highest BCUT2D eigenvalue weighted by molar-refractivity contribution is 7.90. The number of nitrogens with one attached hydrogen (secondary N) is 1. The van der Waals surface area contributed by atoms with Crippen LogP contribution >= 0.6 is 0 Å². The predicted molar refractivity (Wildman–Crippen MR) is 128 cm³/mol. The summed E-state index contributed by atoms with van der Waals surface area (Å²) in [5, 5.41) is 4.06. The number of pyridine rings is 1. The molecule has 13 heteroatoms. The van der Waals surface area contributed by atoms with Gasteiger partial charge < -0.3 is 4.74 Å². The summed E-state index contributed by atoms with van der Waals surface area (Å²) in [5.41, 5.74) is -1.48. The number of halogens is 4. The molecule has 2 aromatic heterocycles. The number of benzene rings is 2. The second kappa shape index (κ2) is 10.2. The Labute approximate surface area is 213 Å². The Bertz CT molecular complexity index is 1650. The Hall–Kier alpha value is -4.26. The van der Waals surface area contributed by atoms with Crippen molar-refractivity contribution >= 4 is 27.4 Å². The van der Waals surface area contributed by atoms with E-state index in [-0.39, 0.29) is 11.1 Å². The summed E-state index contributed by atoms with van der Waals surface area (Å²) in [5.74, 6) is -2.85. The van der Waals surface area contributed by atoms with Crippen molar-refractivity contribution in [1.29, 1.82) is 0 Å². The van der Waals surface area contributed by atoms with Crippen LogP contribution < -0.4 is 4.72 Å². The number of alkyl halides is 3. The molecule has 2 aromatic carbocycles. The highest BCUT2D eigenvalue weighted by Gasteiger charge is 2.40. The molecule has 8 nitrogen and oxygen atoms in total. The molecule has 38 heavy (non-hydrogen) atoms. The van der Waals surface area contributed by atoms with Crippen LogP contribution in [0.5, 0.6) is 0 Å². The maximum atomic E-state index is 14.4.